The van der Waals surface area contributed by atoms with Crippen molar-refractivity contribution >= 4 is 41.7 Å². The fraction of sp³-hybridized carbons (Fsp3) is 0.741. The van der Waals surface area contributed by atoms with Gasteiger partial charge in [0.05, 0.1) is 18.6 Å². The fourth-order valence-electron chi connectivity index (χ4n) is 3.20. The number of carbonyl (C=O) groups excluding carboxylic acids is 7. The summed E-state index contributed by atoms with van der Waals surface area (Å²) >= 11 is 0. The molecule has 3 N–H and O–H groups in total. The lowest BCUT2D eigenvalue weighted by Crippen LogP contribution is -2.58. The van der Waals surface area contributed by atoms with Gasteiger partial charge in [-0.15, -0.1) is 5.06 Å². The Morgan fingerprint density at radius 1 is 0.738 bits per heavy atom. The maximum absolute atomic E-state index is 13.3. The molecule has 3 atom stereocenters. The minimum atomic E-state index is -1.57. The highest BCUT2D eigenvalue weighted by Gasteiger charge is 2.36. The minimum absolute atomic E-state index is 0.117. The van der Waals surface area contributed by atoms with Gasteiger partial charge in [-0.3, -0.25) is 24.0 Å². The van der Waals surface area contributed by atoms with E-state index in [4.69, 9.17) is 19.0 Å². The second-order valence-electron chi connectivity index (χ2n) is 12.7. The monoisotopic (exact) mass is 600 g/mol. The van der Waals surface area contributed by atoms with Crippen LogP contribution in [0.15, 0.2) is 0 Å². The Morgan fingerprint density at radius 2 is 1.24 bits per heavy atom. The largest absolute Gasteiger partial charge is 0.460 e. The molecule has 238 valence electrons. The molecule has 0 aromatic rings. The van der Waals surface area contributed by atoms with E-state index in [1.807, 2.05) is 0 Å². The Labute approximate surface area is 245 Å². The first kappa shape index (κ1) is 36.3. The van der Waals surface area contributed by atoms with E-state index in [0.29, 0.717) is 5.06 Å². The van der Waals surface area contributed by atoms with Gasteiger partial charge in [-0.25, -0.2) is 9.59 Å². The van der Waals surface area contributed by atoms with E-state index in [1.54, 1.807) is 62.3 Å². The van der Waals surface area contributed by atoms with Crippen molar-refractivity contribution in [2.45, 2.75) is 123 Å². The lowest BCUT2D eigenvalue weighted by Gasteiger charge is -2.28. The van der Waals surface area contributed by atoms with Crippen molar-refractivity contribution in [3.8, 4) is 0 Å². The van der Waals surface area contributed by atoms with Gasteiger partial charge in [-0.1, -0.05) is 0 Å². The maximum atomic E-state index is 13.3. The SMILES string of the molecule is C[C@H](NC(=O)[C@H](CC(=O)OC(C)(C)C)NC(=O)[C@H](COC(C)(C)C)NC(=O)OC(C)(C)C)C(=O)ON1C(=O)CCC1=O. The number of imide groups is 1. The molecule has 1 fully saturated rings. The Morgan fingerprint density at radius 3 is 1.71 bits per heavy atom. The zero-order valence-corrected chi connectivity index (χ0v) is 26.0. The first-order valence-electron chi connectivity index (χ1n) is 13.5. The van der Waals surface area contributed by atoms with Gasteiger partial charge in [-0.2, -0.15) is 0 Å². The van der Waals surface area contributed by atoms with Crippen LogP contribution in [0.1, 0.15) is 88.5 Å². The van der Waals surface area contributed by atoms with E-state index in [0.717, 1.165) is 0 Å². The molecule has 1 rings (SSSR count). The van der Waals surface area contributed by atoms with Crippen LogP contribution in [-0.4, -0.2) is 88.3 Å². The summed E-state index contributed by atoms with van der Waals surface area (Å²) in [6.45, 7) is 15.9. The molecule has 0 unspecified atom stereocenters. The predicted molar refractivity (Wildman–Crippen MR) is 146 cm³/mol. The van der Waals surface area contributed by atoms with Gasteiger partial charge in [0.1, 0.15) is 29.3 Å². The standard InChI is InChI=1S/C27H44N4O11/c1-15(23(37)42-31-18(32)11-12-19(31)33)28-21(35)16(13-20(34)40-26(5,6)7)29-22(36)17(14-39-25(2,3)4)30-24(38)41-27(8,9)10/h15-17H,11-14H2,1-10H3,(H,28,35)(H,29,36)(H,30,38)/t15-,16-,17-/m0/s1. The number of nitrogens with one attached hydrogen (secondary N) is 3. The summed E-state index contributed by atoms with van der Waals surface area (Å²) < 4.78 is 16.2. The van der Waals surface area contributed by atoms with Crippen molar-refractivity contribution in [1.82, 2.24) is 21.0 Å². The Balaban J connectivity index is 3.13. The normalized spacial score (nSPS) is 16.2. The molecule has 15 nitrogen and oxygen atoms in total. The highest BCUT2D eigenvalue weighted by atomic mass is 16.7. The van der Waals surface area contributed by atoms with Crippen LogP contribution in [0.25, 0.3) is 0 Å². The number of ether oxygens (including phenoxy) is 3. The van der Waals surface area contributed by atoms with Crippen molar-refractivity contribution < 1.29 is 52.6 Å². The second-order valence-corrected chi connectivity index (χ2v) is 12.7. The average molecular weight is 601 g/mol. The molecule has 0 radical (unpaired) electrons. The van der Waals surface area contributed by atoms with Crippen molar-refractivity contribution in [1.29, 1.82) is 0 Å². The lowest BCUT2D eigenvalue weighted by molar-refractivity contribution is -0.198. The predicted octanol–water partition coefficient (Wildman–Crippen LogP) is 1.02. The highest BCUT2D eigenvalue weighted by molar-refractivity contribution is 6.02. The number of amides is 5. The molecule has 0 saturated carbocycles. The molecule has 0 aromatic heterocycles. The van der Waals surface area contributed by atoms with E-state index < -0.39 is 83.0 Å². The Kier molecular flexibility index (Phi) is 12.5. The van der Waals surface area contributed by atoms with Crippen molar-refractivity contribution in [3.63, 3.8) is 0 Å². The molecular formula is C27H44N4O11. The number of rotatable bonds is 11. The van der Waals surface area contributed by atoms with Crippen LogP contribution in [0.5, 0.6) is 0 Å². The van der Waals surface area contributed by atoms with Crippen molar-refractivity contribution in [2.24, 2.45) is 0 Å². The molecular weight excluding hydrogens is 556 g/mol. The average Bonchev–Trinajstić information content (AvgIpc) is 3.10. The molecule has 1 heterocycles. The Hall–Kier alpha value is -3.75. The molecule has 0 bridgehead atoms. The van der Waals surface area contributed by atoms with E-state index in [9.17, 15) is 33.6 Å². The third-order valence-corrected chi connectivity index (χ3v) is 5.01. The lowest BCUT2D eigenvalue weighted by atomic mass is 10.1. The van der Waals surface area contributed by atoms with Gasteiger partial charge >= 0.3 is 18.0 Å². The van der Waals surface area contributed by atoms with E-state index in [-0.39, 0.29) is 19.4 Å². The number of esters is 1. The fourth-order valence-corrected chi connectivity index (χ4v) is 3.20. The number of nitrogens with zero attached hydrogens (tertiary/aromatic N) is 1. The van der Waals surface area contributed by atoms with Crippen LogP contribution in [0, 0.1) is 0 Å². The zero-order chi connectivity index (χ0) is 32.6. The van der Waals surface area contributed by atoms with Gasteiger partial charge in [-0.05, 0) is 69.2 Å². The van der Waals surface area contributed by atoms with Gasteiger partial charge < -0.3 is 35.0 Å². The number of hydroxylamine groups is 2. The summed E-state index contributed by atoms with van der Waals surface area (Å²) in [5.74, 6) is -5.25. The summed E-state index contributed by atoms with van der Waals surface area (Å²) in [5.41, 5.74) is -2.48. The summed E-state index contributed by atoms with van der Waals surface area (Å²) in [5, 5.41) is 7.42. The van der Waals surface area contributed by atoms with Crippen LogP contribution >= 0.6 is 0 Å². The highest BCUT2D eigenvalue weighted by Crippen LogP contribution is 2.14. The van der Waals surface area contributed by atoms with E-state index in [1.165, 1.54) is 6.92 Å². The summed E-state index contributed by atoms with van der Waals surface area (Å²) in [6, 6.07) is -4.31. The van der Waals surface area contributed by atoms with Gasteiger partial charge in [0, 0.05) is 12.8 Å². The van der Waals surface area contributed by atoms with Gasteiger partial charge in [0.15, 0.2) is 0 Å². The molecule has 42 heavy (non-hydrogen) atoms. The van der Waals surface area contributed by atoms with E-state index >= 15 is 0 Å². The molecule has 1 aliphatic rings. The van der Waals surface area contributed by atoms with E-state index in [2.05, 4.69) is 16.0 Å². The first-order valence-corrected chi connectivity index (χ1v) is 13.5. The Bertz CT molecular complexity index is 1040. The molecule has 0 aromatic carbocycles. The van der Waals surface area contributed by atoms with Crippen molar-refractivity contribution in [3.05, 3.63) is 0 Å². The summed E-state index contributed by atoms with van der Waals surface area (Å²) in [4.78, 5) is 92.3. The third-order valence-electron chi connectivity index (χ3n) is 5.01. The van der Waals surface area contributed by atoms with Crippen LogP contribution in [-0.2, 0) is 47.8 Å². The number of hydrogen-bond acceptors (Lipinski definition) is 11. The molecule has 0 aliphatic carbocycles. The zero-order valence-electron chi connectivity index (χ0n) is 26.0. The maximum Gasteiger partial charge on any atom is 0.408 e. The first-order chi connectivity index (χ1) is 19.0. The third kappa shape index (κ3) is 13.7. The van der Waals surface area contributed by atoms with Crippen LogP contribution in [0.3, 0.4) is 0 Å². The molecule has 15 heteroatoms. The number of hydrogen-bond donors (Lipinski definition) is 3. The smallest absolute Gasteiger partial charge is 0.408 e. The van der Waals surface area contributed by atoms with Crippen LogP contribution in [0.2, 0.25) is 0 Å². The molecule has 5 amide bonds. The second kappa shape index (κ2) is 14.4. The minimum Gasteiger partial charge on any atom is -0.460 e. The molecule has 1 saturated heterocycles. The summed E-state index contributed by atoms with van der Waals surface area (Å²) in [7, 11) is 0. The quantitative estimate of drug-likeness (QED) is 0.226. The van der Waals surface area contributed by atoms with Crippen molar-refractivity contribution in [2.75, 3.05) is 6.61 Å². The van der Waals surface area contributed by atoms with Crippen LogP contribution < -0.4 is 16.0 Å². The topological polar surface area (TPSA) is 196 Å². The molecule has 1 aliphatic heterocycles. The van der Waals surface area contributed by atoms with Gasteiger partial charge in [0.25, 0.3) is 11.8 Å². The number of carbonyl (C=O) groups is 7. The van der Waals surface area contributed by atoms with Gasteiger partial charge in [0.2, 0.25) is 11.8 Å². The number of alkyl carbamates (subject to hydrolysis) is 1. The molecule has 0 spiro atoms. The summed E-state index contributed by atoms with van der Waals surface area (Å²) in [6.07, 6.45) is -1.79. The van der Waals surface area contributed by atoms with Crippen LogP contribution in [0.4, 0.5) is 4.79 Å².